The summed E-state index contributed by atoms with van der Waals surface area (Å²) in [5, 5.41) is 0. The minimum absolute atomic E-state index is 0.908. The zero-order chi connectivity index (χ0) is 8.58. The van der Waals surface area contributed by atoms with Crippen molar-refractivity contribution in [2.45, 2.75) is 4.71 Å². The van der Waals surface area contributed by atoms with E-state index in [0.29, 0.717) is 0 Å². The van der Waals surface area contributed by atoms with E-state index in [-0.39, 0.29) is 0 Å². The van der Waals surface area contributed by atoms with Gasteiger partial charge in [0.1, 0.15) is 0 Å². The third kappa shape index (κ3) is 3.01. The molecule has 0 unspecified atom stereocenters. The van der Waals surface area contributed by atoms with Crippen LogP contribution in [0.25, 0.3) is 0 Å². The maximum Gasteiger partial charge on any atom is 0.213 e. The van der Waals surface area contributed by atoms with Crippen LogP contribution in [0, 0.1) is 0 Å². The second kappa shape index (κ2) is 4.04. The summed E-state index contributed by atoms with van der Waals surface area (Å²) in [6, 6.07) is 0. The highest BCUT2D eigenvalue weighted by Crippen LogP contribution is 2.52. The lowest BCUT2D eigenvalue weighted by Crippen LogP contribution is -2.29. The van der Waals surface area contributed by atoms with Gasteiger partial charge in [0.2, 0.25) is 2.57 Å². The average Bonchev–Trinajstić information content (AvgIpc) is 1.62. The molecule has 0 amide bonds. The van der Waals surface area contributed by atoms with Crippen molar-refractivity contribution >= 4 is 90.4 Å². The van der Waals surface area contributed by atoms with Crippen LogP contribution in [0.15, 0.2) is 0 Å². The van der Waals surface area contributed by atoms with Crippen LogP contribution in [0.3, 0.4) is 0 Å². The first-order chi connectivity index (χ1) is 4.19. The summed E-state index contributed by atoms with van der Waals surface area (Å²) in [6.45, 7) is 0. The number of thiol groups is 1. The van der Waals surface area contributed by atoms with Gasteiger partial charge in [-0.3, -0.25) is 0 Å². The third-order valence-electron chi connectivity index (χ3n) is 0.570. The summed E-state index contributed by atoms with van der Waals surface area (Å²) < 4.78 is 18.9. The van der Waals surface area contributed by atoms with Gasteiger partial charge in [0.25, 0.3) is 0 Å². The highest BCUT2D eigenvalue weighted by molar-refractivity contribution is 9.42. The predicted molar refractivity (Wildman–Crippen MR) is 60.4 cm³/mol. The highest BCUT2D eigenvalue weighted by atomic mass is 80.0. The topological polar surface area (TPSA) is 34.1 Å². The van der Waals surface area contributed by atoms with Gasteiger partial charge in [0.05, 0.1) is 0 Å². The normalized spacial score (nSPS) is 14.2. The zero-order valence-corrected chi connectivity index (χ0v) is 13.0. The molecule has 0 rings (SSSR count). The molecule has 10 heavy (non-hydrogen) atoms. The predicted octanol–water partition coefficient (Wildman–Crippen LogP) is 2.88. The molecule has 0 spiro atoms. The number of hydrogen-bond acceptors (Lipinski definition) is 2. The van der Waals surface area contributed by atoms with Crippen LogP contribution >= 0.6 is 79.6 Å². The fourth-order valence-electron chi connectivity index (χ4n) is 0.104. The van der Waals surface area contributed by atoms with Crippen molar-refractivity contribution in [1.82, 2.24) is 0 Å². The van der Waals surface area contributed by atoms with Gasteiger partial charge in [0, 0.05) is 0 Å². The Balaban J connectivity index is 4.75. The molecule has 0 radical (unpaired) electrons. The summed E-state index contributed by atoms with van der Waals surface area (Å²) >= 11 is 15.1. The van der Waals surface area contributed by atoms with Crippen LogP contribution in [0.2, 0.25) is 0 Å². The van der Waals surface area contributed by atoms with Crippen LogP contribution < -0.4 is 0 Å². The van der Waals surface area contributed by atoms with E-state index < -0.39 is 15.4 Å². The maximum absolute atomic E-state index is 10.5. The lowest BCUT2D eigenvalue weighted by atomic mass is 11.0. The molecule has 0 saturated carbocycles. The van der Waals surface area contributed by atoms with Crippen molar-refractivity contribution < 1.29 is 8.42 Å². The van der Waals surface area contributed by atoms with Gasteiger partial charge in [-0.05, 0) is 0 Å². The van der Waals surface area contributed by atoms with Crippen LogP contribution in [0.1, 0.15) is 0 Å². The molecule has 2 nitrogen and oxygen atoms in total. The summed E-state index contributed by atoms with van der Waals surface area (Å²) in [4.78, 5) is 0. The van der Waals surface area contributed by atoms with Crippen molar-refractivity contribution in [3.8, 4) is 0 Å². The molecule has 8 heteroatoms. The molecule has 0 aliphatic heterocycles. The van der Waals surface area contributed by atoms with Gasteiger partial charge in [0.15, 0.2) is 12.8 Å². The molecule has 0 atom stereocenters. The van der Waals surface area contributed by atoms with Gasteiger partial charge < -0.3 is 0 Å². The summed E-state index contributed by atoms with van der Waals surface area (Å²) in [7, 11) is -2.64. The Bertz CT molecular complexity index is 182. The zero-order valence-electron chi connectivity index (χ0n) is 4.15. The lowest BCUT2D eigenvalue weighted by molar-refractivity contribution is 0.612. The summed E-state index contributed by atoms with van der Waals surface area (Å²) in [6.07, 6.45) is 0. The van der Waals surface area contributed by atoms with E-state index in [1.165, 1.54) is 0 Å². The number of alkyl halides is 5. The van der Waals surface area contributed by atoms with Crippen molar-refractivity contribution in [2.75, 3.05) is 0 Å². The SMILES string of the molecule is O=[SH](=O)C(Br)(Br)C(Br)(Br)Br. The second-order valence-electron chi connectivity index (χ2n) is 1.30. The Morgan fingerprint density at radius 1 is 0.900 bits per heavy atom. The standard InChI is InChI=1S/C2HBr5O2S/c3-1(4,5)2(6,7)10(8)9/h10H. The molecule has 62 valence electrons. The van der Waals surface area contributed by atoms with E-state index in [2.05, 4.69) is 79.6 Å². The molecule has 0 saturated heterocycles. The molecule has 0 fully saturated rings. The molecule has 0 aromatic rings. The lowest BCUT2D eigenvalue weighted by Gasteiger charge is -2.22. The molecular formula is C2HBr5O2S. The van der Waals surface area contributed by atoms with Crippen molar-refractivity contribution in [2.24, 2.45) is 0 Å². The first-order valence-corrected chi connectivity index (χ1v) is 6.93. The van der Waals surface area contributed by atoms with Crippen LogP contribution in [0.4, 0.5) is 0 Å². The Labute approximate surface area is 102 Å². The summed E-state index contributed by atoms with van der Waals surface area (Å²) in [5.41, 5.74) is 0. The van der Waals surface area contributed by atoms with E-state index in [0.717, 1.165) is 0 Å². The van der Waals surface area contributed by atoms with Crippen LogP contribution in [-0.2, 0) is 10.7 Å². The first kappa shape index (κ1) is 12.3. The fourth-order valence-corrected chi connectivity index (χ4v) is 1.61. The van der Waals surface area contributed by atoms with E-state index in [1.807, 2.05) is 0 Å². The van der Waals surface area contributed by atoms with Gasteiger partial charge in [-0.2, -0.15) is 0 Å². The Hall–Kier alpha value is 2.35. The molecule has 0 aromatic heterocycles. The van der Waals surface area contributed by atoms with Crippen LogP contribution in [-0.4, -0.2) is 13.1 Å². The highest BCUT2D eigenvalue weighted by Gasteiger charge is 2.46. The largest absolute Gasteiger partial charge is 0.229 e. The van der Waals surface area contributed by atoms with Gasteiger partial charge >= 0.3 is 0 Å². The molecular weight excluding hydrogens is 488 g/mol. The van der Waals surface area contributed by atoms with E-state index in [1.54, 1.807) is 0 Å². The number of halogens is 5. The number of rotatable bonds is 1. The average molecular weight is 489 g/mol. The Kier molecular flexibility index (Phi) is 4.99. The minimum Gasteiger partial charge on any atom is -0.229 e. The van der Waals surface area contributed by atoms with Crippen molar-refractivity contribution in [3.05, 3.63) is 0 Å². The van der Waals surface area contributed by atoms with E-state index in [4.69, 9.17) is 0 Å². The molecule has 0 bridgehead atoms. The molecule has 0 N–H and O–H groups in total. The quantitative estimate of drug-likeness (QED) is 0.455. The molecule has 0 aliphatic carbocycles. The Morgan fingerprint density at radius 3 is 1.20 bits per heavy atom. The van der Waals surface area contributed by atoms with Crippen LogP contribution in [0.5, 0.6) is 0 Å². The smallest absolute Gasteiger partial charge is 0.213 e. The first-order valence-electron chi connectivity index (χ1n) is 1.78. The monoisotopic (exact) mass is 484 g/mol. The number of hydrogen-bond donors (Lipinski definition) is 1. The third-order valence-corrected chi connectivity index (χ3v) is 10.2. The van der Waals surface area contributed by atoms with Gasteiger partial charge in [-0.15, -0.1) is 0 Å². The maximum atomic E-state index is 10.5. The van der Waals surface area contributed by atoms with Gasteiger partial charge in [-0.25, -0.2) is 8.42 Å². The van der Waals surface area contributed by atoms with E-state index in [9.17, 15) is 8.42 Å². The molecule has 0 aliphatic rings. The molecule has 0 aromatic carbocycles. The second-order valence-corrected chi connectivity index (χ2v) is 13.9. The Morgan fingerprint density at radius 2 is 1.20 bits per heavy atom. The minimum atomic E-state index is -2.64. The van der Waals surface area contributed by atoms with E-state index >= 15 is 0 Å². The van der Waals surface area contributed by atoms with Crippen molar-refractivity contribution in [1.29, 1.82) is 0 Å². The van der Waals surface area contributed by atoms with Crippen molar-refractivity contribution in [3.63, 3.8) is 0 Å². The molecule has 0 heterocycles. The fraction of sp³-hybridized carbons (Fsp3) is 1.00. The van der Waals surface area contributed by atoms with Gasteiger partial charge in [-0.1, -0.05) is 79.6 Å². The summed E-state index contributed by atoms with van der Waals surface area (Å²) in [5.74, 6) is 0.